The lowest BCUT2D eigenvalue weighted by Gasteiger charge is -2.60. The summed E-state index contributed by atoms with van der Waals surface area (Å²) in [5.41, 5.74) is -1.53. The summed E-state index contributed by atoms with van der Waals surface area (Å²) < 4.78 is 12.0. The average molecular weight is 489 g/mol. The zero-order chi connectivity index (χ0) is 25.1. The Bertz CT molecular complexity index is 1010. The lowest BCUT2D eigenvalue weighted by Crippen LogP contribution is -2.66. The van der Waals surface area contributed by atoms with Crippen LogP contribution in [0.5, 0.6) is 0 Å². The van der Waals surface area contributed by atoms with Gasteiger partial charge < -0.3 is 24.8 Å². The Morgan fingerprint density at radius 3 is 2.51 bits per heavy atom. The molecule has 7 nitrogen and oxygen atoms in total. The van der Waals surface area contributed by atoms with Crippen molar-refractivity contribution in [3.8, 4) is 0 Å². The van der Waals surface area contributed by atoms with Crippen molar-refractivity contribution in [3.63, 3.8) is 0 Å². The monoisotopic (exact) mass is 488 g/mol. The lowest BCUT2D eigenvalue weighted by atomic mass is 9.43. The van der Waals surface area contributed by atoms with Crippen molar-refractivity contribution >= 4 is 11.8 Å². The van der Waals surface area contributed by atoms with Crippen LogP contribution in [0.1, 0.15) is 79.1 Å². The van der Waals surface area contributed by atoms with Gasteiger partial charge in [0.05, 0.1) is 35.4 Å². The minimum atomic E-state index is -0.986. The van der Waals surface area contributed by atoms with Crippen LogP contribution in [0.25, 0.3) is 0 Å². The number of carbonyl (C=O) groups excluding carboxylic acids is 2. The molecule has 2 aliphatic heterocycles. The van der Waals surface area contributed by atoms with Gasteiger partial charge in [-0.1, -0.05) is 19.4 Å². The molecule has 1 spiro atoms. The lowest BCUT2D eigenvalue weighted by molar-refractivity contribution is -0.192. The number of fused-ring (bicyclic) bond motifs is 4. The first-order chi connectivity index (χ1) is 16.5. The summed E-state index contributed by atoms with van der Waals surface area (Å²) in [5, 5.41) is 32.8. The number of ether oxygens (including phenoxy) is 2. The second kappa shape index (κ2) is 7.40. The fourth-order valence-corrected chi connectivity index (χ4v) is 9.99. The second-order valence-corrected chi connectivity index (χ2v) is 13.0. The van der Waals surface area contributed by atoms with E-state index in [4.69, 9.17) is 9.47 Å². The molecule has 3 N–H and O–H groups in total. The summed E-state index contributed by atoms with van der Waals surface area (Å²) >= 11 is 0. The highest BCUT2D eigenvalue weighted by Crippen LogP contribution is 2.74. The highest BCUT2D eigenvalue weighted by Gasteiger charge is 2.81. The van der Waals surface area contributed by atoms with E-state index in [9.17, 15) is 24.9 Å². The summed E-state index contributed by atoms with van der Waals surface area (Å²) in [6, 6.07) is 0. The van der Waals surface area contributed by atoms with Crippen LogP contribution in [0.15, 0.2) is 11.1 Å². The summed E-state index contributed by atoms with van der Waals surface area (Å²) in [5.74, 6) is 0.194. The number of ketones is 1. The molecule has 0 amide bonds. The molecular formula is C28H40O7. The van der Waals surface area contributed by atoms with Gasteiger partial charge in [0, 0.05) is 18.8 Å². The van der Waals surface area contributed by atoms with Gasteiger partial charge in [0.2, 0.25) is 0 Å². The topological polar surface area (TPSA) is 117 Å². The van der Waals surface area contributed by atoms with Gasteiger partial charge in [-0.25, -0.2) is 4.79 Å². The first kappa shape index (κ1) is 24.1. The molecule has 35 heavy (non-hydrogen) atoms. The average Bonchev–Trinajstić information content (AvgIpc) is 3.49. The number of epoxide rings is 1. The number of aliphatic hydroxyl groups is 3. The minimum Gasteiger partial charge on any atom is -0.458 e. The first-order valence-corrected chi connectivity index (χ1v) is 13.6. The predicted octanol–water partition coefficient (Wildman–Crippen LogP) is 2.69. The molecule has 0 bridgehead atoms. The smallest absolute Gasteiger partial charge is 0.336 e. The van der Waals surface area contributed by atoms with Crippen molar-refractivity contribution in [1.29, 1.82) is 0 Å². The molecule has 2 heterocycles. The van der Waals surface area contributed by atoms with Crippen molar-refractivity contribution in [2.24, 2.45) is 34.5 Å². The van der Waals surface area contributed by atoms with Crippen LogP contribution in [0.4, 0.5) is 0 Å². The maximum Gasteiger partial charge on any atom is 0.336 e. The standard InChI is InChI=1S/C28H40O7/c1-14-11-20(34-24(32)17(14)13-29)15(2)27(33)10-8-18-16-12-23-28(35-23)22(31)6-5-21(30)26(28,4)19(16)7-9-25(18,27)3/h15-16,18-20,22-23,29,31,33H,5-13H2,1-4H3/t15-,16+,18+,19+,20-,22+,23-,25+,26+,27+,28-/m1/s1. The van der Waals surface area contributed by atoms with Crippen LogP contribution >= 0.6 is 0 Å². The maximum atomic E-state index is 13.4. The zero-order valence-electron chi connectivity index (χ0n) is 21.4. The van der Waals surface area contributed by atoms with Crippen LogP contribution in [0, 0.1) is 34.5 Å². The van der Waals surface area contributed by atoms with E-state index in [-0.39, 0.29) is 47.6 Å². The number of hydrogen-bond acceptors (Lipinski definition) is 7. The number of rotatable bonds is 3. The summed E-state index contributed by atoms with van der Waals surface area (Å²) in [6.07, 6.45) is 4.36. The second-order valence-electron chi connectivity index (χ2n) is 13.0. The molecule has 0 aromatic heterocycles. The molecule has 0 unspecified atom stereocenters. The Hall–Kier alpha value is -1.28. The normalized spacial score (nSPS) is 53.8. The molecule has 11 atom stereocenters. The van der Waals surface area contributed by atoms with E-state index in [1.54, 1.807) is 0 Å². The quantitative estimate of drug-likeness (QED) is 0.413. The summed E-state index contributed by atoms with van der Waals surface area (Å²) in [4.78, 5) is 25.9. The fourth-order valence-electron chi connectivity index (χ4n) is 9.99. The number of esters is 1. The number of hydrogen-bond donors (Lipinski definition) is 3. The van der Waals surface area contributed by atoms with Crippen LogP contribution < -0.4 is 0 Å². The van der Waals surface area contributed by atoms with E-state index >= 15 is 0 Å². The molecule has 7 heteroatoms. The molecule has 0 aromatic carbocycles. The van der Waals surface area contributed by atoms with Crippen LogP contribution in [-0.4, -0.2) is 63.2 Å². The van der Waals surface area contributed by atoms with Gasteiger partial charge in [0.25, 0.3) is 0 Å². The third-order valence-electron chi connectivity index (χ3n) is 12.2. The Morgan fingerprint density at radius 2 is 1.83 bits per heavy atom. The maximum absolute atomic E-state index is 13.4. The Balaban J connectivity index is 1.30. The number of aliphatic hydroxyl groups excluding tert-OH is 2. The van der Waals surface area contributed by atoms with Crippen molar-refractivity contribution in [1.82, 2.24) is 0 Å². The van der Waals surface area contributed by atoms with Gasteiger partial charge in [-0.05, 0) is 75.5 Å². The fraction of sp³-hybridized carbons (Fsp3) is 0.857. The molecule has 4 saturated carbocycles. The van der Waals surface area contributed by atoms with Crippen molar-refractivity contribution < 1.29 is 34.4 Å². The molecule has 4 aliphatic carbocycles. The molecule has 1 saturated heterocycles. The molecule has 0 radical (unpaired) electrons. The molecule has 194 valence electrons. The SMILES string of the molecule is CC1=C(CO)C(=O)O[C@@H]([C@@H](C)[C@@]2(O)CC[C@H]3[C@@H]4C[C@H]5O[C@]56[C@@H](O)CCC(=O)[C@]6(C)[C@H]4CC[C@@]32C)C1. The van der Waals surface area contributed by atoms with E-state index in [0.717, 1.165) is 31.3 Å². The number of carbonyl (C=O) groups is 2. The third-order valence-corrected chi connectivity index (χ3v) is 12.2. The molecule has 6 rings (SSSR count). The predicted molar refractivity (Wildman–Crippen MR) is 126 cm³/mol. The summed E-state index contributed by atoms with van der Waals surface area (Å²) in [6.45, 7) is 7.80. The molecular weight excluding hydrogens is 448 g/mol. The van der Waals surface area contributed by atoms with Gasteiger partial charge in [-0.15, -0.1) is 0 Å². The van der Waals surface area contributed by atoms with E-state index < -0.39 is 34.8 Å². The van der Waals surface area contributed by atoms with Crippen molar-refractivity contribution in [3.05, 3.63) is 11.1 Å². The molecule has 0 aromatic rings. The highest BCUT2D eigenvalue weighted by molar-refractivity contribution is 5.90. The van der Waals surface area contributed by atoms with E-state index in [0.29, 0.717) is 31.3 Å². The first-order valence-electron chi connectivity index (χ1n) is 13.6. The van der Waals surface area contributed by atoms with Gasteiger partial charge in [0.15, 0.2) is 0 Å². The number of Topliss-reactive ketones (excluding diaryl/α,β-unsaturated/α-hetero) is 1. The zero-order valence-corrected chi connectivity index (χ0v) is 21.4. The third kappa shape index (κ3) is 2.71. The largest absolute Gasteiger partial charge is 0.458 e. The van der Waals surface area contributed by atoms with E-state index in [1.807, 2.05) is 13.8 Å². The van der Waals surface area contributed by atoms with Gasteiger partial charge in [-0.2, -0.15) is 0 Å². The molecule has 5 fully saturated rings. The van der Waals surface area contributed by atoms with Gasteiger partial charge in [-0.3, -0.25) is 4.79 Å². The van der Waals surface area contributed by atoms with E-state index in [2.05, 4.69) is 13.8 Å². The van der Waals surface area contributed by atoms with Gasteiger partial charge >= 0.3 is 5.97 Å². The number of cyclic esters (lactones) is 1. The Labute approximate surface area is 207 Å². The molecule has 6 aliphatic rings. The van der Waals surface area contributed by atoms with E-state index in [1.165, 1.54) is 0 Å². The van der Waals surface area contributed by atoms with Gasteiger partial charge in [0.1, 0.15) is 17.5 Å². The highest BCUT2D eigenvalue weighted by atomic mass is 16.6. The van der Waals surface area contributed by atoms with Crippen LogP contribution in [0.3, 0.4) is 0 Å². The van der Waals surface area contributed by atoms with Crippen LogP contribution in [-0.2, 0) is 19.1 Å². The minimum absolute atomic E-state index is 0.0783. The van der Waals surface area contributed by atoms with Crippen molar-refractivity contribution in [2.75, 3.05) is 6.61 Å². The van der Waals surface area contributed by atoms with Crippen LogP contribution in [0.2, 0.25) is 0 Å². The Kier molecular flexibility index (Phi) is 5.09. The summed E-state index contributed by atoms with van der Waals surface area (Å²) in [7, 11) is 0. The van der Waals surface area contributed by atoms with Crippen molar-refractivity contribution in [2.45, 2.75) is 109 Å². The Morgan fingerprint density at radius 1 is 1.11 bits per heavy atom.